The Kier molecular flexibility index (Phi) is 7.77. The van der Waals surface area contributed by atoms with Crippen LogP contribution in [0.2, 0.25) is 5.02 Å². The largest absolute Gasteiger partial charge is 0.490 e. The number of carboxylic acids is 1. The highest BCUT2D eigenvalue weighted by Crippen LogP contribution is 2.59. The van der Waals surface area contributed by atoms with Gasteiger partial charge in [0.25, 0.3) is 0 Å². The third-order valence-corrected chi connectivity index (χ3v) is 7.85. The molecule has 3 fully saturated rings. The van der Waals surface area contributed by atoms with Crippen LogP contribution in [-0.2, 0) is 23.9 Å². The molecule has 0 bridgehead atoms. The second kappa shape index (κ2) is 10.6. The van der Waals surface area contributed by atoms with E-state index in [-0.39, 0.29) is 17.9 Å². The molecular formula is C27H26ClF3N2O6. The number of rotatable bonds is 4. The molecule has 0 radical (unpaired) electrons. The molecule has 2 amide bonds. The topological polar surface area (TPSA) is 104 Å². The van der Waals surface area contributed by atoms with E-state index in [1.54, 1.807) is 6.92 Å². The third kappa shape index (κ3) is 4.78. The number of carbonyl (C=O) groups excluding carboxylic acids is 3. The van der Waals surface area contributed by atoms with E-state index in [0.717, 1.165) is 23.1 Å². The summed E-state index contributed by atoms with van der Waals surface area (Å²) in [5.41, 5.74) is 1.86. The molecule has 0 aromatic heterocycles. The lowest BCUT2D eigenvalue weighted by Crippen LogP contribution is -2.54. The molecule has 0 spiro atoms. The summed E-state index contributed by atoms with van der Waals surface area (Å²) in [4.78, 5) is 52.0. The normalized spacial score (nSPS) is 26.1. The van der Waals surface area contributed by atoms with Gasteiger partial charge in [-0.25, -0.2) is 4.79 Å². The van der Waals surface area contributed by atoms with E-state index < -0.39 is 35.5 Å². The number of fused-ring (bicyclic) bond motifs is 3. The van der Waals surface area contributed by atoms with E-state index in [1.807, 2.05) is 48.5 Å². The minimum Gasteiger partial charge on any atom is -0.475 e. The molecule has 4 atom stereocenters. The van der Waals surface area contributed by atoms with Crippen LogP contribution in [0.3, 0.4) is 0 Å². The van der Waals surface area contributed by atoms with Crippen LogP contribution < -0.4 is 0 Å². The van der Waals surface area contributed by atoms with Gasteiger partial charge in [0.1, 0.15) is 5.54 Å². The summed E-state index contributed by atoms with van der Waals surface area (Å²) in [5.74, 6) is -4.90. The molecule has 3 aliphatic rings. The number of halogens is 4. The summed E-state index contributed by atoms with van der Waals surface area (Å²) in [5, 5.41) is 7.79. The smallest absolute Gasteiger partial charge is 0.475 e. The molecule has 208 valence electrons. The summed E-state index contributed by atoms with van der Waals surface area (Å²) >= 11 is 6.14. The lowest BCUT2D eigenvalue weighted by Gasteiger charge is -2.36. The van der Waals surface area contributed by atoms with Crippen LogP contribution in [0.5, 0.6) is 0 Å². The molecule has 12 heteroatoms. The van der Waals surface area contributed by atoms with Crippen molar-refractivity contribution in [3.63, 3.8) is 0 Å². The van der Waals surface area contributed by atoms with Crippen LogP contribution in [-0.4, -0.2) is 70.6 Å². The van der Waals surface area contributed by atoms with Gasteiger partial charge in [-0.15, -0.1) is 0 Å². The van der Waals surface area contributed by atoms with Gasteiger partial charge in [0.15, 0.2) is 0 Å². The third-order valence-electron chi connectivity index (χ3n) is 7.61. The molecule has 0 aliphatic carbocycles. The fourth-order valence-corrected chi connectivity index (χ4v) is 6.30. The molecule has 3 heterocycles. The number of imide groups is 1. The van der Waals surface area contributed by atoms with E-state index in [9.17, 15) is 27.6 Å². The number of alkyl halides is 3. The summed E-state index contributed by atoms with van der Waals surface area (Å²) < 4.78 is 36.9. The van der Waals surface area contributed by atoms with Gasteiger partial charge in [-0.1, -0.05) is 48.0 Å². The fraction of sp³-hybridized carbons (Fsp3) is 0.407. The fourth-order valence-electron chi connectivity index (χ4n) is 6.11. The van der Waals surface area contributed by atoms with Gasteiger partial charge in [-0.2, -0.15) is 13.2 Å². The quantitative estimate of drug-likeness (QED) is 0.434. The molecule has 3 saturated heterocycles. The van der Waals surface area contributed by atoms with Crippen molar-refractivity contribution in [1.29, 1.82) is 0 Å². The summed E-state index contributed by atoms with van der Waals surface area (Å²) in [6.45, 7) is 2.75. The van der Waals surface area contributed by atoms with Gasteiger partial charge >= 0.3 is 18.1 Å². The molecule has 0 saturated carbocycles. The SMILES string of the molecule is CCN1C(=O)[C@@H]2[C@@H](c3ccc(-c4cccc(Cl)c4)cc3)N3CCC[C@@]3(C(=O)OC)[C@@H]2C1=O.O=C(O)C(F)(F)F. The van der Waals surface area contributed by atoms with Gasteiger partial charge in [0.05, 0.1) is 18.9 Å². The van der Waals surface area contributed by atoms with Gasteiger partial charge in [0, 0.05) is 17.6 Å². The first kappa shape index (κ1) is 28.6. The van der Waals surface area contributed by atoms with E-state index in [1.165, 1.54) is 12.0 Å². The van der Waals surface area contributed by atoms with Gasteiger partial charge in [-0.3, -0.25) is 24.2 Å². The van der Waals surface area contributed by atoms with Crippen LogP contribution in [0.25, 0.3) is 11.1 Å². The molecule has 3 aliphatic heterocycles. The van der Waals surface area contributed by atoms with Gasteiger partial charge in [-0.05, 0) is 55.1 Å². The Morgan fingerprint density at radius 3 is 2.28 bits per heavy atom. The number of methoxy groups -OCH3 is 1. The van der Waals surface area contributed by atoms with Crippen molar-refractivity contribution in [3.05, 3.63) is 59.1 Å². The number of hydrogen-bond donors (Lipinski definition) is 1. The Morgan fingerprint density at radius 2 is 1.74 bits per heavy atom. The molecule has 2 aromatic carbocycles. The van der Waals surface area contributed by atoms with E-state index in [0.29, 0.717) is 24.5 Å². The lowest BCUT2D eigenvalue weighted by molar-refractivity contribution is -0.192. The molecule has 5 rings (SSSR count). The zero-order chi connectivity index (χ0) is 28.7. The number of carbonyl (C=O) groups is 4. The second-order valence-electron chi connectivity index (χ2n) is 9.52. The number of esters is 1. The summed E-state index contributed by atoms with van der Waals surface area (Å²) in [6, 6.07) is 15.3. The average Bonchev–Trinajstić information content (AvgIpc) is 3.52. The summed E-state index contributed by atoms with van der Waals surface area (Å²) in [6.07, 6.45) is -3.78. The van der Waals surface area contributed by atoms with Crippen LogP contribution in [0.15, 0.2) is 48.5 Å². The molecule has 0 unspecified atom stereocenters. The highest BCUT2D eigenvalue weighted by molar-refractivity contribution is 6.30. The first-order chi connectivity index (χ1) is 18.4. The second-order valence-corrected chi connectivity index (χ2v) is 9.95. The van der Waals surface area contributed by atoms with E-state index in [4.69, 9.17) is 26.2 Å². The van der Waals surface area contributed by atoms with Crippen LogP contribution in [0.4, 0.5) is 13.2 Å². The Balaban J connectivity index is 0.000000448. The number of amides is 2. The number of likely N-dealkylation sites (tertiary alicyclic amines) is 1. The monoisotopic (exact) mass is 566 g/mol. The van der Waals surface area contributed by atoms with Crippen LogP contribution in [0.1, 0.15) is 31.4 Å². The Bertz CT molecular complexity index is 1300. The highest BCUT2D eigenvalue weighted by atomic mass is 35.5. The minimum atomic E-state index is -5.08. The first-order valence-corrected chi connectivity index (χ1v) is 12.6. The maximum absolute atomic E-state index is 13.3. The molecule has 2 aromatic rings. The average molecular weight is 567 g/mol. The van der Waals surface area contributed by atoms with Crippen molar-refractivity contribution in [2.75, 3.05) is 20.2 Å². The predicted molar refractivity (Wildman–Crippen MR) is 133 cm³/mol. The Morgan fingerprint density at radius 1 is 1.10 bits per heavy atom. The number of nitrogens with zero attached hydrogens (tertiary/aromatic N) is 2. The number of carboxylic acid groups (broad SMARTS) is 1. The van der Waals surface area contributed by atoms with Crippen molar-refractivity contribution < 1.29 is 42.2 Å². The lowest BCUT2D eigenvalue weighted by atomic mass is 9.77. The van der Waals surface area contributed by atoms with Crippen molar-refractivity contribution in [1.82, 2.24) is 9.80 Å². The van der Waals surface area contributed by atoms with E-state index in [2.05, 4.69) is 4.90 Å². The molecule has 8 nitrogen and oxygen atoms in total. The number of hydrogen-bond acceptors (Lipinski definition) is 6. The van der Waals surface area contributed by atoms with Gasteiger partial charge < -0.3 is 9.84 Å². The Labute approximate surface area is 227 Å². The predicted octanol–water partition coefficient (Wildman–Crippen LogP) is 4.32. The highest BCUT2D eigenvalue weighted by Gasteiger charge is 2.73. The number of benzene rings is 2. The number of ether oxygens (including phenoxy) is 1. The first-order valence-electron chi connectivity index (χ1n) is 12.2. The zero-order valence-corrected chi connectivity index (χ0v) is 21.8. The van der Waals surface area contributed by atoms with Gasteiger partial charge in [0.2, 0.25) is 11.8 Å². The minimum absolute atomic E-state index is 0.191. The van der Waals surface area contributed by atoms with Crippen LogP contribution >= 0.6 is 11.6 Å². The standard InChI is InChI=1S/C25H25ClN2O4.C2HF3O2/c1-3-27-22(29)19-20(23(27)30)25(24(31)32-2)12-5-13-28(25)21(19)16-10-8-15(9-11-16)17-6-4-7-18(26)14-17;3-2(4,5)1(6)7/h4,6-11,14,19-21H,3,5,12-13H2,1-2H3;(H,6,7)/t19-,20-,21+,25-;/m0./s1. The Hall–Kier alpha value is -3.44. The molecule has 39 heavy (non-hydrogen) atoms. The summed E-state index contributed by atoms with van der Waals surface area (Å²) in [7, 11) is 1.36. The van der Waals surface area contributed by atoms with E-state index >= 15 is 0 Å². The molecule has 1 N–H and O–H groups in total. The maximum atomic E-state index is 13.3. The van der Waals surface area contributed by atoms with Crippen LogP contribution in [0, 0.1) is 11.8 Å². The van der Waals surface area contributed by atoms with Crippen molar-refractivity contribution >= 4 is 35.4 Å². The van der Waals surface area contributed by atoms with Crippen molar-refractivity contribution in [2.45, 2.75) is 37.5 Å². The zero-order valence-electron chi connectivity index (χ0n) is 21.1. The maximum Gasteiger partial charge on any atom is 0.490 e. The molecular weight excluding hydrogens is 541 g/mol. The number of aliphatic carboxylic acids is 1. The van der Waals surface area contributed by atoms with Crippen molar-refractivity contribution in [3.8, 4) is 11.1 Å². The van der Waals surface area contributed by atoms with Crippen molar-refractivity contribution in [2.24, 2.45) is 11.8 Å².